The molecule has 4 heteroatoms. The number of rotatable bonds is 7. The zero-order valence-electron chi connectivity index (χ0n) is 12.5. The molecule has 0 unspecified atom stereocenters. The van der Waals surface area contributed by atoms with Crippen molar-refractivity contribution in [3.8, 4) is 5.75 Å². The quantitative estimate of drug-likeness (QED) is 0.821. The van der Waals surface area contributed by atoms with Gasteiger partial charge in [0, 0.05) is 12.6 Å². The summed E-state index contributed by atoms with van der Waals surface area (Å²) in [4.78, 5) is 4.37. The van der Waals surface area contributed by atoms with Crippen molar-refractivity contribution in [2.75, 3.05) is 0 Å². The number of aromatic nitrogens is 1. The molecule has 1 aromatic heterocycles. The molecule has 2 N–H and O–H groups in total. The fourth-order valence-electron chi connectivity index (χ4n) is 1.82. The van der Waals surface area contributed by atoms with E-state index in [0.29, 0.717) is 12.6 Å². The van der Waals surface area contributed by atoms with Crippen molar-refractivity contribution in [1.82, 2.24) is 10.3 Å². The third kappa shape index (κ3) is 5.17. The van der Waals surface area contributed by atoms with Gasteiger partial charge in [-0.2, -0.15) is 0 Å². The highest BCUT2D eigenvalue weighted by molar-refractivity contribution is 5.23. The van der Waals surface area contributed by atoms with Crippen LogP contribution in [-0.2, 0) is 19.8 Å². The van der Waals surface area contributed by atoms with E-state index in [2.05, 4.69) is 24.1 Å². The summed E-state index contributed by atoms with van der Waals surface area (Å²) in [6.45, 7) is 5.55. The lowest BCUT2D eigenvalue weighted by molar-refractivity contribution is 0.281. The number of hydrogen-bond donors (Lipinski definition) is 2. The molecule has 0 radical (unpaired) electrons. The van der Waals surface area contributed by atoms with E-state index >= 15 is 0 Å². The number of aliphatic hydroxyl groups excluding tert-OH is 1. The number of benzene rings is 1. The summed E-state index contributed by atoms with van der Waals surface area (Å²) in [5.74, 6) is 0.759. The van der Waals surface area contributed by atoms with E-state index in [4.69, 9.17) is 9.84 Å². The molecule has 21 heavy (non-hydrogen) atoms. The Hall–Kier alpha value is -1.91. The van der Waals surface area contributed by atoms with Gasteiger partial charge in [-0.3, -0.25) is 4.98 Å². The van der Waals surface area contributed by atoms with Crippen LogP contribution in [-0.4, -0.2) is 16.1 Å². The van der Waals surface area contributed by atoms with Crippen molar-refractivity contribution < 1.29 is 9.84 Å². The largest absolute Gasteiger partial charge is 0.487 e. The van der Waals surface area contributed by atoms with E-state index in [1.165, 1.54) is 0 Å². The average molecular weight is 286 g/mol. The second-order valence-corrected chi connectivity index (χ2v) is 5.28. The van der Waals surface area contributed by atoms with Crippen molar-refractivity contribution in [3.63, 3.8) is 0 Å². The maximum absolute atomic E-state index is 9.00. The van der Waals surface area contributed by atoms with Crippen LogP contribution in [0.5, 0.6) is 5.75 Å². The minimum Gasteiger partial charge on any atom is -0.487 e. The highest BCUT2D eigenvalue weighted by atomic mass is 16.5. The molecular formula is C17H22N2O2. The predicted molar refractivity (Wildman–Crippen MR) is 82.9 cm³/mol. The van der Waals surface area contributed by atoms with Crippen molar-refractivity contribution >= 4 is 0 Å². The van der Waals surface area contributed by atoms with Gasteiger partial charge in [-0.25, -0.2) is 0 Å². The fourth-order valence-corrected chi connectivity index (χ4v) is 1.82. The van der Waals surface area contributed by atoms with Gasteiger partial charge >= 0.3 is 0 Å². The molecule has 0 atom stereocenters. The molecule has 1 aromatic carbocycles. The lowest BCUT2D eigenvalue weighted by Crippen LogP contribution is -2.22. The first-order chi connectivity index (χ1) is 10.2. The highest BCUT2D eigenvalue weighted by Gasteiger charge is 2.00. The van der Waals surface area contributed by atoms with E-state index in [0.717, 1.165) is 29.1 Å². The molecule has 2 aromatic rings. The zero-order valence-corrected chi connectivity index (χ0v) is 12.5. The molecule has 1 heterocycles. The lowest BCUT2D eigenvalue weighted by Gasteiger charge is -2.09. The average Bonchev–Trinajstić information content (AvgIpc) is 2.52. The minimum atomic E-state index is 0.0664. The van der Waals surface area contributed by atoms with Gasteiger partial charge in [0.05, 0.1) is 18.5 Å². The Morgan fingerprint density at radius 3 is 2.38 bits per heavy atom. The Balaban J connectivity index is 1.85. The summed E-state index contributed by atoms with van der Waals surface area (Å²) < 4.78 is 5.70. The standard InChI is InChI=1S/C17H22N2O2/c1-13(2)18-9-16-7-8-17(10-19-16)21-12-15-5-3-14(11-20)4-6-15/h3-8,10,13,18,20H,9,11-12H2,1-2H3. The summed E-state index contributed by atoms with van der Waals surface area (Å²) in [7, 11) is 0. The van der Waals surface area contributed by atoms with Gasteiger partial charge in [0.2, 0.25) is 0 Å². The van der Waals surface area contributed by atoms with Gasteiger partial charge in [0.15, 0.2) is 0 Å². The first kappa shape index (κ1) is 15.5. The summed E-state index contributed by atoms with van der Waals surface area (Å²) >= 11 is 0. The molecular weight excluding hydrogens is 264 g/mol. The van der Waals surface area contributed by atoms with Gasteiger partial charge in [-0.1, -0.05) is 38.1 Å². The van der Waals surface area contributed by atoms with Crippen molar-refractivity contribution in [2.24, 2.45) is 0 Å². The second kappa shape index (κ2) is 7.76. The fraction of sp³-hybridized carbons (Fsp3) is 0.353. The van der Waals surface area contributed by atoms with Gasteiger partial charge in [-0.05, 0) is 23.3 Å². The Kier molecular flexibility index (Phi) is 5.72. The summed E-state index contributed by atoms with van der Waals surface area (Å²) in [6.07, 6.45) is 1.75. The molecule has 0 fully saturated rings. The minimum absolute atomic E-state index is 0.0664. The molecule has 0 aliphatic carbocycles. The van der Waals surface area contributed by atoms with E-state index in [1.54, 1.807) is 6.20 Å². The molecule has 112 valence electrons. The number of nitrogens with one attached hydrogen (secondary N) is 1. The van der Waals surface area contributed by atoms with E-state index in [-0.39, 0.29) is 6.61 Å². The van der Waals surface area contributed by atoms with Gasteiger partial charge < -0.3 is 15.2 Å². The number of hydrogen-bond acceptors (Lipinski definition) is 4. The van der Waals surface area contributed by atoms with Crippen LogP contribution in [0.25, 0.3) is 0 Å². The van der Waals surface area contributed by atoms with Crippen LogP contribution < -0.4 is 10.1 Å². The van der Waals surface area contributed by atoms with E-state index in [9.17, 15) is 0 Å². The van der Waals surface area contributed by atoms with Crippen LogP contribution in [0, 0.1) is 0 Å². The van der Waals surface area contributed by atoms with Crippen LogP contribution in [0.1, 0.15) is 30.7 Å². The predicted octanol–water partition coefficient (Wildman–Crippen LogP) is 2.65. The topological polar surface area (TPSA) is 54.4 Å². The third-order valence-electron chi connectivity index (χ3n) is 3.10. The number of ether oxygens (including phenoxy) is 1. The summed E-state index contributed by atoms with van der Waals surface area (Å²) in [5.41, 5.74) is 2.98. The Labute approximate surface area is 125 Å². The monoisotopic (exact) mass is 286 g/mol. The van der Waals surface area contributed by atoms with Gasteiger partial charge in [0.25, 0.3) is 0 Å². The first-order valence-electron chi connectivity index (χ1n) is 7.17. The zero-order chi connectivity index (χ0) is 15.1. The van der Waals surface area contributed by atoms with Crippen LogP contribution >= 0.6 is 0 Å². The van der Waals surface area contributed by atoms with Crippen molar-refractivity contribution in [1.29, 1.82) is 0 Å². The van der Waals surface area contributed by atoms with Crippen LogP contribution in [0.3, 0.4) is 0 Å². The Morgan fingerprint density at radius 1 is 1.10 bits per heavy atom. The van der Waals surface area contributed by atoms with Crippen LogP contribution in [0.2, 0.25) is 0 Å². The molecule has 4 nitrogen and oxygen atoms in total. The smallest absolute Gasteiger partial charge is 0.138 e. The molecule has 0 spiro atoms. The maximum atomic E-state index is 9.00. The van der Waals surface area contributed by atoms with E-state index in [1.807, 2.05) is 36.4 Å². The normalized spacial score (nSPS) is 10.9. The Morgan fingerprint density at radius 2 is 1.81 bits per heavy atom. The summed E-state index contributed by atoms with van der Waals surface area (Å²) in [6, 6.07) is 12.1. The molecule has 0 amide bonds. The Bertz CT molecular complexity index is 536. The summed E-state index contributed by atoms with van der Waals surface area (Å²) in [5, 5.41) is 12.3. The first-order valence-corrected chi connectivity index (χ1v) is 7.17. The van der Waals surface area contributed by atoms with Gasteiger partial charge in [0.1, 0.15) is 12.4 Å². The van der Waals surface area contributed by atoms with Crippen LogP contribution in [0.4, 0.5) is 0 Å². The van der Waals surface area contributed by atoms with Gasteiger partial charge in [-0.15, -0.1) is 0 Å². The molecule has 2 rings (SSSR count). The molecule has 0 aliphatic rings. The highest BCUT2D eigenvalue weighted by Crippen LogP contribution is 2.12. The van der Waals surface area contributed by atoms with Crippen LogP contribution in [0.15, 0.2) is 42.6 Å². The maximum Gasteiger partial charge on any atom is 0.138 e. The molecule has 0 bridgehead atoms. The SMILES string of the molecule is CC(C)NCc1ccc(OCc2ccc(CO)cc2)cn1. The number of pyridine rings is 1. The van der Waals surface area contributed by atoms with Crippen molar-refractivity contribution in [3.05, 3.63) is 59.4 Å². The van der Waals surface area contributed by atoms with E-state index < -0.39 is 0 Å². The third-order valence-corrected chi connectivity index (χ3v) is 3.10. The molecule has 0 saturated carbocycles. The van der Waals surface area contributed by atoms with Crippen molar-refractivity contribution in [2.45, 2.75) is 39.6 Å². The lowest BCUT2D eigenvalue weighted by atomic mass is 10.1. The molecule has 0 saturated heterocycles. The molecule has 0 aliphatic heterocycles. The number of aliphatic hydroxyl groups is 1. The second-order valence-electron chi connectivity index (χ2n) is 5.28. The number of nitrogens with zero attached hydrogens (tertiary/aromatic N) is 1.